The summed E-state index contributed by atoms with van der Waals surface area (Å²) in [5.74, 6) is 0. The van der Waals surface area contributed by atoms with Gasteiger partial charge in [0.15, 0.2) is 6.29 Å². The minimum atomic E-state index is -3.08. The fourth-order valence-electron chi connectivity index (χ4n) is 1.85. The Morgan fingerprint density at radius 1 is 1.29 bits per heavy atom. The first kappa shape index (κ1) is 12.5. The van der Waals surface area contributed by atoms with Crippen molar-refractivity contribution >= 4 is 33.3 Å². The Morgan fingerprint density at radius 3 is 2.41 bits per heavy atom. The molecule has 0 N–H and O–H groups in total. The summed E-state index contributed by atoms with van der Waals surface area (Å²) in [7, 11) is -3.08. The first-order valence-electron chi connectivity index (χ1n) is 5.24. The molecule has 1 aromatic rings. The molecule has 0 saturated carbocycles. The van der Waals surface area contributed by atoms with Crippen LogP contribution in [0, 0.1) is 0 Å². The lowest BCUT2D eigenvalue weighted by Crippen LogP contribution is -2.48. The Labute approximate surface area is 105 Å². The minimum absolute atomic E-state index is 0.505. The van der Waals surface area contributed by atoms with Crippen molar-refractivity contribution in [3.05, 3.63) is 16.3 Å². The second-order valence-electron chi connectivity index (χ2n) is 3.97. The van der Waals surface area contributed by atoms with E-state index in [1.54, 1.807) is 0 Å². The Kier molecular flexibility index (Phi) is 3.50. The molecule has 2 rings (SSSR count). The van der Waals surface area contributed by atoms with Gasteiger partial charge in [0.25, 0.3) is 0 Å². The number of hydrogen-bond donors (Lipinski definition) is 0. The third-order valence-corrected chi connectivity index (χ3v) is 4.94. The van der Waals surface area contributed by atoms with Crippen LogP contribution in [0.2, 0.25) is 0 Å². The van der Waals surface area contributed by atoms with Gasteiger partial charge in [-0.2, -0.15) is 4.31 Å². The molecule has 1 aliphatic rings. The van der Waals surface area contributed by atoms with Gasteiger partial charge in [-0.1, -0.05) is 0 Å². The Morgan fingerprint density at radius 2 is 1.94 bits per heavy atom. The van der Waals surface area contributed by atoms with Crippen LogP contribution in [-0.2, 0) is 10.0 Å². The van der Waals surface area contributed by atoms with Crippen LogP contribution in [0.25, 0.3) is 0 Å². The first-order valence-corrected chi connectivity index (χ1v) is 7.97. The molecule has 2 heterocycles. The topological polar surface area (TPSA) is 57.7 Å². The van der Waals surface area contributed by atoms with E-state index < -0.39 is 10.0 Å². The lowest BCUT2D eigenvalue weighted by atomic mass is 10.3. The highest BCUT2D eigenvalue weighted by atomic mass is 32.2. The fraction of sp³-hybridized carbons (Fsp3) is 0.500. The smallest absolute Gasteiger partial charge is 0.211 e. The highest BCUT2D eigenvalue weighted by Gasteiger charge is 2.23. The van der Waals surface area contributed by atoms with Gasteiger partial charge in [0.1, 0.15) is 0 Å². The summed E-state index contributed by atoms with van der Waals surface area (Å²) in [5, 5.41) is 1.93. The highest BCUT2D eigenvalue weighted by molar-refractivity contribution is 7.88. The second-order valence-corrected chi connectivity index (χ2v) is 6.90. The van der Waals surface area contributed by atoms with Crippen molar-refractivity contribution in [1.82, 2.24) is 4.31 Å². The molecule has 0 atom stereocenters. The molecule has 0 aromatic carbocycles. The molecule has 1 fully saturated rings. The van der Waals surface area contributed by atoms with E-state index in [1.807, 2.05) is 11.4 Å². The molecule has 94 valence electrons. The van der Waals surface area contributed by atoms with Crippen molar-refractivity contribution in [3.8, 4) is 0 Å². The predicted octanol–water partition coefficient (Wildman–Crippen LogP) is 0.642. The Bertz CT molecular complexity index is 501. The monoisotopic (exact) mass is 274 g/mol. The molecule has 1 aliphatic heterocycles. The van der Waals surface area contributed by atoms with Gasteiger partial charge >= 0.3 is 0 Å². The van der Waals surface area contributed by atoms with Gasteiger partial charge < -0.3 is 4.90 Å². The number of piperazine rings is 1. The van der Waals surface area contributed by atoms with Crippen LogP contribution >= 0.6 is 11.3 Å². The summed E-state index contributed by atoms with van der Waals surface area (Å²) >= 11 is 1.41. The summed E-state index contributed by atoms with van der Waals surface area (Å²) in [6.45, 7) is 2.35. The molecule has 7 heteroatoms. The van der Waals surface area contributed by atoms with E-state index in [1.165, 1.54) is 21.9 Å². The highest BCUT2D eigenvalue weighted by Crippen LogP contribution is 2.23. The van der Waals surface area contributed by atoms with Crippen molar-refractivity contribution in [1.29, 1.82) is 0 Å². The first-order chi connectivity index (χ1) is 8.00. The van der Waals surface area contributed by atoms with Crippen molar-refractivity contribution < 1.29 is 13.2 Å². The SMILES string of the molecule is CS(=O)(=O)N1CCN(c2csc(C=O)c2)CC1. The number of anilines is 1. The number of hydrogen-bond acceptors (Lipinski definition) is 5. The zero-order valence-corrected chi connectivity index (χ0v) is 11.1. The molecule has 5 nitrogen and oxygen atoms in total. The molecule has 17 heavy (non-hydrogen) atoms. The average Bonchev–Trinajstić information content (AvgIpc) is 2.76. The van der Waals surface area contributed by atoms with Gasteiger partial charge in [-0.25, -0.2) is 8.42 Å². The number of aldehydes is 1. The minimum Gasteiger partial charge on any atom is -0.368 e. The molecule has 0 amide bonds. The van der Waals surface area contributed by atoms with E-state index in [9.17, 15) is 13.2 Å². The van der Waals surface area contributed by atoms with Crippen LogP contribution in [0.1, 0.15) is 9.67 Å². The van der Waals surface area contributed by atoms with Gasteiger partial charge in [0.05, 0.1) is 11.1 Å². The lowest BCUT2D eigenvalue weighted by Gasteiger charge is -2.34. The fourth-order valence-corrected chi connectivity index (χ4v) is 3.39. The van der Waals surface area contributed by atoms with Gasteiger partial charge in [-0.15, -0.1) is 11.3 Å². The van der Waals surface area contributed by atoms with Gasteiger partial charge in [0, 0.05) is 37.2 Å². The van der Waals surface area contributed by atoms with E-state index >= 15 is 0 Å². The van der Waals surface area contributed by atoms with E-state index in [2.05, 4.69) is 4.90 Å². The van der Waals surface area contributed by atoms with Crippen LogP contribution in [0.5, 0.6) is 0 Å². The molecule has 1 aromatic heterocycles. The maximum absolute atomic E-state index is 11.3. The van der Waals surface area contributed by atoms with Crippen LogP contribution in [0.3, 0.4) is 0 Å². The summed E-state index contributed by atoms with van der Waals surface area (Å²) in [4.78, 5) is 13.4. The van der Waals surface area contributed by atoms with Crippen LogP contribution < -0.4 is 4.90 Å². The van der Waals surface area contributed by atoms with Crippen molar-refractivity contribution in [2.24, 2.45) is 0 Å². The van der Waals surface area contributed by atoms with E-state index in [-0.39, 0.29) is 0 Å². The van der Waals surface area contributed by atoms with Gasteiger partial charge in [-0.3, -0.25) is 4.79 Å². The summed E-state index contributed by atoms with van der Waals surface area (Å²) in [6, 6.07) is 1.84. The van der Waals surface area contributed by atoms with E-state index in [0.29, 0.717) is 31.1 Å². The zero-order chi connectivity index (χ0) is 12.5. The van der Waals surface area contributed by atoms with Crippen LogP contribution in [0.15, 0.2) is 11.4 Å². The van der Waals surface area contributed by atoms with Crippen LogP contribution in [0.4, 0.5) is 5.69 Å². The third kappa shape index (κ3) is 2.85. The Balaban J connectivity index is 2.02. The summed E-state index contributed by atoms with van der Waals surface area (Å²) < 4.78 is 24.2. The molecule has 0 bridgehead atoms. The van der Waals surface area contributed by atoms with Crippen molar-refractivity contribution in [2.45, 2.75) is 0 Å². The van der Waals surface area contributed by atoms with Crippen molar-refractivity contribution in [2.75, 3.05) is 37.3 Å². The molecule has 0 unspecified atom stereocenters. The number of nitrogens with zero attached hydrogens (tertiary/aromatic N) is 2. The normalized spacial score (nSPS) is 18.3. The average molecular weight is 274 g/mol. The number of carbonyl (C=O) groups is 1. The standard InChI is InChI=1S/C10H14N2O3S2/c1-17(14,15)12-4-2-11(3-5-12)9-6-10(7-13)16-8-9/h6-8H,2-5H2,1H3. The molecule has 0 spiro atoms. The number of rotatable bonds is 3. The third-order valence-electron chi connectivity index (χ3n) is 2.79. The number of carbonyl (C=O) groups excluding carboxylic acids is 1. The molecule has 0 aliphatic carbocycles. The van der Waals surface area contributed by atoms with E-state index in [0.717, 1.165) is 12.0 Å². The lowest BCUT2D eigenvalue weighted by molar-refractivity contribution is 0.112. The second kappa shape index (κ2) is 4.75. The Hall–Kier alpha value is -0.920. The number of thiophene rings is 1. The van der Waals surface area contributed by atoms with Crippen LogP contribution in [-0.4, -0.2) is 51.4 Å². The summed E-state index contributed by atoms with van der Waals surface area (Å²) in [6.07, 6.45) is 2.07. The van der Waals surface area contributed by atoms with Gasteiger partial charge in [0.2, 0.25) is 10.0 Å². The molecular weight excluding hydrogens is 260 g/mol. The van der Waals surface area contributed by atoms with Gasteiger partial charge in [-0.05, 0) is 6.07 Å². The number of sulfonamides is 1. The summed E-state index contributed by atoms with van der Waals surface area (Å²) in [5.41, 5.74) is 1.00. The largest absolute Gasteiger partial charge is 0.368 e. The molecule has 1 saturated heterocycles. The quantitative estimate of drug-likeness (QED) is 0.759. The predicted molar refractivity (Wildman–Crippen MR) is 68.3 cm³/mol. The maximum Gasteiger partial charge on any atom is 0.211 e. The molecular formula is C10H14N2O3S2. The van der Waals surface area contributed by atoms with E-state index in [4.69, 9.17) is 0 Å². The zero-order valence-electron chi connectivity index (χ0n) is 9.50. The van der Waals surface area contributed by atoms with Crippen molar-refractivity contribution in [3.63, 3.8) is 0 Å². The maximum atomic E-state index is 11.3. The molecule has 0 radical (unpaired) electrons.